The third kappa shape index (κ3) is 3.05. The smallest absolute Gasteiger partial charge is 0.227 e. The predicted octanol–water partition coefficient (Wildman–Crippen LogP) is 3.33. The molecule has 5 nitrogen and oxygen atoms in total. The lowest BCUT2D eigenvalue weighted by atomic mass is 10.2. The van der Waals surface area contributed by atoms with Crippen LogP contribution in [-0.2, 0) is 0 Å². The molecule has 7 heteroatoms. The number of rotatable bonds is 3. The summed E-state index contributed by atoms with van der Waals surface area (Å²) in [5, 5.41) is 5.06. The van der Waals surface area contributed by atoms with Gasteiger partial charge in [0.2, 0.25) is 5.95 Å². The van der Waals surface area contributed by atoms with Crippen LogP contribution in [0.5, 0.6) is 0 Å². The van der Waals surface area contributed by atoms with Crippen LogP contribution in [0, 0.1) is 5.82 Å². The first kappa shape index (κ1) is 15.3. The van der Waals surface area contributed by atoms with Gasteiger partial charge in [-0.3, -0.25) is 0 Å². The third-order valence-corrected chi connectivity index (χ3v) is 5.09. The van der Waals surface area contributed by atoms with Crippen molar-refractivity contribution in [2.24, 2.45) is 0 Å². The van der Waals surface area contributed by atoms with Crippen LogP contribution >= 0.6 is 11.3 Å². The molecule has 0 bridgehead atoms. The first-order chi connectivity index (χ1) is 11.7. The SMILES string of the molecule is CN1CCN(c2ccc(Nc3ncc4sccc4n3)cc2F)CC1. The molecule has 0 radical (unpaired) electrons. The summed E-state index contributed by atoms with van der Waals surface area (Å²) < 4.78 is 15.5. The standard InChI is InChI=1S/C17H18FN5S/c1-22-5-7-23(8-6-22)15-3-2-12(10-13(15)18)20-17-19-11-16-14(21-17)4-9-24-16/h2-4,9-11H,5-8H2,1H3,(H,19,20,21). The molecule has 124 valence electrons. The number of piperazine rings is 1. The van der Waals surface area contributed by atoms with Gasteiger partial charge in [-0.1, -0.05) is 0 Å². The molecule has 3 aromatic rings. The summed E-state index contributed by atoms with van der Waals surface area (Å²) in [6.45, 7) is 3.60. The molecule has 0 spiro atoms. The molecule has 1 aromatic carbocycles. The third-order valence-electron chi connectivity index (χ3n) is 4.25. The number of anilines is 3. The van der Waals surface area contributed by atoms with Crippen molar-refractivity contribution < 1.29 is 4.39 Å². The van der Waals surface area contributed by atoms with E-state index in [1.54, 1.807) is 17.5 Å². The number of fused-ring (bicyclic) bond motifs is 1. The maximum absolute atomic E-state index is 14.5. The maximum Gasteiger partial charge on any atom is 0.227 e. The van der Waals surface area contributed by atoms with E-state index in [0.717, 1.165) is 36.4 Å². The minimum Gasteiger partial charge on any atom is -0.367 e. The Morgan fingerprint density at radius 2 is 2.00 bits per heavy atom. The zero-order valence-corrected chi connectivity index (χ0v) is 14.2. The normalized spacial score (nSPS) is 15.8. The van der Waals surface area contributed by atoms with Crippen LogP contribution in [-0.4, -0.2) is 48.1 Å². The van der Waals surface area contributed by atoms with E-state index in [0.29, 0.717) is 17.3 Å². The Kier molecular flexibility index (Phi) is 4.03. The average molecular weight is 343 g/mol. The molecule has 1 N–H and O–H groups in total. The van der Waals surface area contributed by atoms with Crippen LogP contribution < -0.4 is 10.2 Å². The van der Waals surface area contributed by atoms with Gasteiger partial charge in [-0.2, -0.15) is 0 Å². The summed E-state index contributed by atoms with van der Waals surface area (Å²) in [6.07, 6.45) is 1.78. The van der Waals surface area contributed by atoms with Crippen LogP contribution in [0.15, 0.2) is 35.8 Å². The van der Waals surface area contributed by atoms with Crippen molar-refractivity contribution >= 4 is 38.9 Å². The van der Waals surface area contributed by atoms with Gasteiger partial charge in [-0.25, -0.2) is 14.4 Å². The van der Waals surface area contributed by atoms with Gasteiger partial charge in [0.1, 0.15) is 5.82 Å². The van der Waals surface area contributed by atoms with Gasteiger partial charge in [0, 0.05) is 31.9 Å². The van der Waals surface area contributed by atoms with Crippen LogP contribution in [0.3, 0.4) is 0 Å². The molecule has 4 rings (SSSR count). The van der Waals surface area contributed by atoms with E-state index in [9.17, 15) is 4.39 Å². The van der Waals surface area contributed by atoms with Gasteiger partial charge in [0.15, 0.2) is 0 Å². The second-order valence-corrected chi connectivity index (χ2v) is 6.89. The van der Waals surface area contributed by atoms with Crippen molar-refractivity contribution in [1.29, 1.82) is 0 Å². The van der Waals surface area contributed by atoms with Gasteiger partial charge in [0.05, 0.1) is 22.1 Å². The topological polar surface area (TPSA) is 44.3 Å². The molecule has 3 heterocycles. The summed E-state index contributed by atoms with van der Waals surface area (Å²) in [7, 11) is 2.09. The van der Waals surface area contributed by atoms with Crippen molar-refractivity contribution in [3.63, 3.8) is 0 Å². The highest BCUT2D eigenvalue weighted by Gasteiger charge is 2.17. The van der Waals surface area contributed by atoms with Gasteiger partial charge in [-0.15, -0.1) is 11.3 Å². The number of benzene rings is 1. The average Bonchev–Trinajstić information content (AvgIpc) is 3.04. The molecule has 0 atom stereocenters. The Hall–Kier alpha value is -2.25. The zero-order chi connectivity index (χ0) is 16.5. The quantitative estimate of drug-likeness (QED) is 0.790. The number of hydrogen-bond acceptors (Lipinski definition) is 6. The molecule has 0 amide bonds. The molecular weight excluding hydrogens is 325 g/mol. The number of likely N-dealkylation sites (N-methyl/N-ethyl adjacent to an activating group) is 1. The molecule has 0 unspecified atom stereocenters. The van der Waals surface area contributed by atoms with E-state index in [-0.39, 0.29) is 5.82 Å². The number of thiophene rings is 1. The minimum absolute atomic E-state index is 0.221. The van der Waals surface area contributed by atoms with E-state index >= 15 is 0 Å². The highest BCUT2D eigenvalue weighted by Crippen LogP contribution is 2.26. The number of nitrogens with zero attached hydrogens (tertiary/aromatic N) is 4. The molecular formula is C17H18FN5S. The molecule has 1 aliphatic heterocycles. The highest BCUT2D eigenvalue weighted by molar-refractivity contribution is 7.17. The van der Waals surface area contributed by atoms with Gasteiger partial charge >= 0.3 is 0 Å². The molecule has 1 fully saturated rings. The lowest BCUT2D eigenvalue weighted by molar-refractivity contribution is 0.311. The fourth-order valence-electron chi connectivity index (χ4n) is 2.84. The van der Waals surface area contributed by atoms with E-state index in [1.165, 1.54) is 6.07 Å². The van der Waals surface area contributed by atoms with E-state index < -0.39 is 0 Å². The Balaban J connectivity index is 1.53. The van der Waals surface area contributed by atoms with Crippen LogP contribution in [0.1, 0.15) is 0 Å². The summed E-state index contributed by atoms with van der Waals surface area (Å²) in [5.74, 6) is 0.258. The summed E-state index contributed by atoms with van der Waals surface area (Å²) in [4.78, 5) is 13.0. The number of halogens is 1. The van der Waals surface area contributed by atoms with Crippen molar-refractivity contribution in [2.75, 3.05) is 43.4 Å². The van der Waals surface area contributed by atoms with Crippen molar-refractivity contribution in [1.82, 2.24) is 14.9 Å². The predicted molar refractivity (Wildman–Crippen MR) is 96.8 cm³/mol. The van der Waals surface area contributed by atoms with Crippen LogP contribution in [0.4, 0.5) is 21.7 Å². The number of nitrogens with one attached hydrogen (secondary N) is 1. The van der Waals surface area contributed by atoms with Crippen LogP contribution in [0.25, 0.3) is 10.2 Å². The Morgan fingerprint density at radius 1 is 1.17 bits per heavy atom. The van der Waals surface area contributed by atoms with Crippen LogP contribution in [0.2, 0.25) is 0 Å². The molecule has 0 aliphatic carbocycles. The zero-order valence-electron chi connectivity index (χ0n) is 13.4. The number of hydrogen-bond donors (Lipinski definition) is 1. The molecule has 2 aromatic heterocycles. The van der Waals surface area contributed by atoms with E-state index in [1.807, 2.05) is 23.6 Å². The first-order valence-electron chi connectivity index (χ1n) is 7.89. The second-order valence-electron chi connectivity index (χ2n) is 5.95. The molecule has 24 heavy (non-hydrogen) atoms. The Bertz CT molecular complexity index is 857. The lowest BCUT2D eigenvalue weighted by Gasteiger charge is -2.34. The Morgan fingerprint density at radius 3 is 2.79 bits per heavy atom. The van der Waals surface area contributed by atoms with Gasteiger partial charge in [-0.05, 0) is 36.7 Å². The monoisotopic (exact) mass is 343 g/mol. The van der Waals surface area contributed by atoms with Crippen molar-refractivity contribution in [2.45, 2.75) is 0 Å². The largest absolute Gasteiger partial charge is 0.367 e. The summed E-state index contributed by atoms with van der Waals surface area (Å²) in [6, 6.07) is 7.16. The maximum atomic E-state index is 14.5. The van der Waals surface area contributed by atoms with Crippen molar-refractivity contribution in [3.8, 4) is 0 Å². The second kappa shape index (κ2) is 6.33. The molecule has 1 aliphatic rings. The van der Waals surface area contributed by atoms with E-state index in [2.05, 4.69) is 32.1 Å². The van der Waals surface area contributed by atoms with Gasteiger partial charge in [0.25, 0.3) is 0 Å². The number of aromatic nitrogens is 2. The highest BCUT2D eigenvalue weighted by atomic mass is 32.1. The van der Waals surface area contributed by atoms with Gasteiger partial charge < -0.3 is 15.1 Å². The summed E-state index contributed by atoms with van der Waals surface area (Å²) in [5.41, 5.74) is 2.20. The summed E-state index contributed by atoms with van der Waals surface area (Å²) >= 11 is 1.60. The van der Waals surface area contributed by atoms with E-state index in [4.69, 9.17) is 0 Å². The lowest BCUT2D eigenvalue weighted by Crippen LogP contribution is -2.44. The Labute approximate surface area is 143 Å². The minimum atomic E-state index is -0.221. The fraction of sp³-hybridized carbons (Fsp3) is 0.294. The van der Waals surface area contributed by atoms with Crippen molar-refractivity contribution in [3.05, 3.63) is 41.7 Å². The first-order valence-corrected chi connectivity index (χ1v) is 8.77. The fourth-order valence-corrected chi connectivity index (χ4v) is 3.54. The molecule has 0 saturated carbocycles. The molecule has 1 saturated heterocycles.